The van der Waals surface area contributed by atoms with Crippen LogP contribution in [-0.4, -0.2) is 18.4 Å². The molecule has 2 nitrogen and oxygen atoms in total. The van der Waals surface area contributed by atoms with Crippen molar-refractivity contribution in [2.75, 3.05) is 6.54 Å². The number of ketones is 1. The summed E-state index contributed by atoms with van der Waals surface area (Å²) in [7, 11) is 0. The summed E-state index contributed by atoms with van der Waals surface area (Å²) < 4.78 is 0. The Labute approximate surface area is 111 Å². The molecule has 0 saturated heterocycles. The normalized spacial score (nSPS) is 12.8. The van der Waals surface area contributed by atoms with Crippen molar-refractivity contribution in [1.29, 1.82) is 0 Å². The van der Waals surface area contributed by atoms with E-state index in [9.17, 15) is 4.79 Å². The third-order valence-electron chi connectivity index (χ3n) is 3.36. The topological polar surface area (TPSA) is 29.1 Å². The molecule has 0 radical (unpaired) electrons. The van der Waals surface area contributed by atoms with Crippen LogP contribution in [0.25, 0.3) is 0 Å². The first-order chi connectivity index (χ1) is 8.41. The first-order valence-corrected chi connectivity index (χ1v) is 6.76. The van der Waals surface area contributed by atoms with Crippen molar-refractivity contribution in [3.05, 3.63) is 34.9 Å². The lowest BCUT2D eigenvalue weighted by molar-refractivity contribution is 0.0950. The maximum atomic E-state index is 12.2. The molecule has 0 aromatic heterocycles. The van der Waals surface area contributed by atoms with E-state index in [1.54, 1.807) is 0 Å². The minimum atomic E-state index is -0.106. The van der Waals surface area contributed by atoms with Crippen LogP contribution in [0.2, 0.25) is 0 Å². The average Bonchev–Trinajstić information content (AvgIpc) is 2.31. The Balaban J connectivity index is 2.60. The van der Waals surface area contributed by atoms with Gasteiger partial charge in [0, 0.05) is 5.56 Å². The molecule has 1 N–H and O–H groups in total. The van der Waals surface area contributed by atoms with Gasteiger partial charge in [0.1, 0.15) is 0 Å². The first kappa shape index (κ1) is 14.9. The summed E-state index contributed by atoms with van der Waals surface area (Å²) in [5, 5.41) is 3.30. The maximum absolute atomic E-state index is 12.2. The van der Waals surface area contributed by atoms with Crippen LogP contribution in [0.3, 0.4) is 0 Å². The number of carbonyl (C=O) groups is 1. The number of aryl methyl sites for hydroxylation is 2. The minimum absolute atomic E-state index is 0.106. The van der Waals surface area contributed by atoms with Crippen LogP contribution >= 0.6 is 0 Å². The van der Waals surface area contributed by atoms with Crippen LogP contribution in [0.4, 0.5) is 0 Å². The molecule has 1 unspecified atom stereocenters. The lowest BCUT2D eigenvalue weighted by Gasteiger charge is -2.14. The molecule has 18 heavy (non-hydrogen) atoms. The molecular formula is C16H25NO. The third-order valence-corrected chi connectivity index (χ3v) is 3.36. The average molecular weight is 247 g/mol. The second-order valence-electron chi connectivity index (χ2n) is 5.52. The van der Waals surface area contributed by atoms with Gasteiger partial charge in [-0.1, -0.05) is 26.0 Å². The first-order valence-electron chi connectivity index (χ1n) is 6.76. The fourth-order valence-electron chi connectivity index (χ4n) is 1.83. The Morgan fingerprint density at radius 1 is 1.17 bits per heavy atom. The van der Waals surface area contributed by atoms with E-state index in [1.165, 1.54) is 11.1 Å². The maximum Gasteiger partial charge on any atom is 0.179 e. The molecule has 100 valence electrons. The molecule has 0 aliphatic heterocycles. The number of hydrogen-bond acceptors (Lipinski definition) is 2. The van der Waals surface area contributed by atoms with Gasteiger partial charge < -0.3 is 5.32 Å². The molecule has 1 rings (SSSR count). The summed E-state index contributed by atoms with van der Waals surface area (Å²) in [6, 6.07) is 5.82. The Morgan fingerprint density at radius 3 is 2.39 bits per heavy atom. The second kappa shape index (κ2) is 6.69. The van der Waals surface area contributed by atoms with E-state index in [0.717, 1.165) is 18.5 Å². The van der Waals surface area contributed by atoms with Crippen LogP contribution in [0.15, 0.2) is 18.2 Å². The standard InChI is InChI=1S/C16H25NO/c1-11(2)8-9-17-14(5)16(18)15-7-6-12(3)13(4)10-15/h6-7,10-11,14,17H,8-9H2,1-5H3. The van der Waals surface area contributed by atoms with Crippen molar-refractivity contribution in [3.8, 4) is 0 Å². The largest absolute Gasteiger partial charge is 0.307 e. The zero-order valence-corrected chi connectivity index (χ0v) is 12.2. The van der Waals surface area contributed by atoms with E-state index >= 15 is 0 Å². The molecule has 0 heterocycles. The van der Waals surface area contributed by atoms with Crippen LogP contribution in [0.5, 0.6) is 0 Å². The summed E-state index contributed by atoms with van der Waals surface area (Å²) in [4.78, 5) is 12.2. The zero-order valence-electron chi connectivity index (χ0n) is 12.2. The van der Waals surface area contributed by atoms with Crippen LogP contribution in [0, 0.1) is 19.8 Å². The van der Waals surface area contributed by atoms with E-state index in [1.807, 2.05) is 32.0 Å². The highest BCUT2D eigenvalue weighted by Crippen LogP contribution is 2.11. The molecule has 0 saturated carbocycles. The predicted molar refractivity (Wildman–Crippen MR) is 77.2 cm³/mol. The summed E-state index contributed by atoms with van der Waals surface area (Å²) in [6.45, 7) is 11.3. The number of carbonyl (C=O) groups excluding carboxylic acids is 1. The Bertz CT molecular complexity index is 410. The molecule has 1 aromatic carbocycles. The van der Waals surface area contributed by atoms with Crippen molar-refractivity contribution in [1.82, 2.24) is 5.32 Å². The van der Waals surface area contributed by atoms with Crippen LogP contribution in [0.1, 0.15) is 48.7 Å². The fraction of sp³-hybridized carbons (Fsp3) is 0.562. The van der Waals surface area contributed by atoms with Crippen molar-refractivity contribution in [2.24, 2.45) is 5.92 Å². The molecule has 0 aliphatic carbocycles. The van der Waals surface area contributed by atoms with Gasteiger partial charge in [0.05, 0.1) is 6.04 Å². The van der Waals surface area contributed by atoms with Gasteiger partial charge in [0.2, 0.25) is 0 Å². The van der Waals surface area contributed by atoms with Crippen LogP contribution < -0.4 is 5.32 Å². The van der Waals surface area contributed by atoms with Gasteiger partial charge in [0.15, 0.2) is 5.78 Å². The molecular weight excluding hydrogens is 222 g/mol. The van der Waals surface area contributed by atoms with Crippen LogP contribution in [-0.2, 0) is 0 Å². The highest BCUT2D eigenvalue weighted by atomic mass is 16.1. The van der Waals surface area contributed by atoms with E-state index in [-0.39, 0.29) is 11.8 Å². The number of rotatable bonds is 6. The number of benzene rings is 1. The third kappa shape index (κ3) is 4.26. The fourth-order valence-corrected chi connectivity index (χ4v) is 1.83. The Morgan fingerprint density at radius 2 is 1.83 bits per heavy atom. The minimum Gasteiger partial charge on any atom is -0.307 e. The van der Waals surface area contributed by atoms with Gasteiger partial charge in [0.25, 0.3) is 0 Å². The number of nitrogens with one attached hydrogen (secondary N) is 1. The van der Waals surface area contributed by atoms with Gasteiger partial charge in [-0.3, -0.25) is 4.79 Å². The summed E-state index contributed by atoms with van der Waals surface area (Å²) in [6.07, 6.45) is 1.10. The smallest absolute Gasteiger partial charge is 0.179 e. The number of Topliss-reactive ketones (excluding diaryl/α,β-unsaturated/α-hetero) is 1. The molecule has 1 atom stereocenters. The zero-order chi connectivity index (χ0) is 13.7. The molecule has 0 aliphatic rings. The summed E-state index contributed by atoms with van der Waals surface area (Å²) in [5.74, 6) is 0.850. The Kier molecular flexibility index (Phi) is 5.54. The Hall–Kier alpha value is -1.15. The van der Waals surface area contributed by atoms with E-state index in [2.05, 4.69) is 26.1 Å². The predicted octanol–water partition coefficient (Wildman–Crippen LogP) is 3.51. The lowest BCUT2D eigenvalue weighted by Crippen LogP contribution is -2.35. The van der Waals surface area contributed by atoms with Gasteiger partial charge >= 0.3 is 0 Å². The number of hydrogen-bond donors (Lipinski definition) is 1. The van der Waals surface area contributed by atoms with Crippen molar-refractivity contribution in [3.63, 3.8) is 0 Å². The van der Waals surface area contributed by atoms with E-state index in [0.29, 0.717) is 5.92 Å². The molecule has 0 bridgehead atoms. The molecule has 0 fully saturated rings. The molecule has 0 spiro atoms. The van der Waals surface area contributed by atoms with Gasteiger partial charge in [-0.15, -0.1) is 0 Å². The van der Waals surface area contributed by atoms with Gasteiger partial charge in [-0.25, -0.2) is 0 Å². The quantitative estimate of drug-likeness (QED) is 0.779. The van der Waals surface area contributed by atoms with Gasteiger partial charge in [-0.2, -0.15) is 0 Å². The monoisotopic (exact) mass is 247 g/mol. The highest BCUT2D eigenvalue weighted by molar-refractivity contribution is 6.00. The van der Waals surface area contributed by atoms with Gasteiger partial charge in [-0.05, 0) is 56.8 Å². The van der Waals surface area contributed by atoms with Crippen molar-refractivity contribution < 1.29 is 4.79 Å². The van der Waals surface area contributed by atoms with Crippen molar-refractivity contribution in [2.45, 2.75) is 47.1 Å². The lowest BCUT2D eigenvalue weighted by atomic mass is 10.00. The second-order valence-corrected chi connectivity index (χ2v) is 5.52. The molecule has 0 amide bonds. The molecule has 1 aromatic rings. The SMILES string of the molecule is Cc1ccc(C(=O)C(C)NCCC(C)C)cc1C. The van der Waals surface area contributed by atoms with Crippen molar-refractivity contribution >= 4 is 5.78 Å². The van der Waals surface area contributed by atoms with E-state index < -0.39 is 0 Å². The summed E-state index contributed by atoms with van der Waals surface area (Å²) >= 11 is 0. The molecule has 2 heteroatoms. The summed E-state index contributed by atoms with van der Waals surface area (Å²) in [5.41, 5.74) is 3.21. The van der Waals surface area contributed by atoms with E-state index in [4.69, 9.17) is 0 Å². The highest BCUT2D eigenvalue weighted by Gasteiger charge is 2.14.